The van der Waals surface area contributed by atoms with Gasteiger partial charge in [-0.15, -0.1) is 0 Å². The average molecular weight is 417 g/mol. The van der Waals surface area contributed by atoms with Gasteiger partial charge in [0.05, 0.1) is 12.6 Å². The van der Waals surface area contributed by atoms with Crippen molar-refractivity contribution < 1.29 is 4.39 Å². The maximum absolute atomic E-state index is 9.50. The SMILES string of the molecule is C=C(/C=C\C)c1ccc2c(c1)-c1ccccc1C21c2ccccc2-c2ccccc21.CF. The highest BCUT2D eigenvalue weighted by molar-refractivity contribution is 5.95. The Bertz CT molecular complexity index is 1330. The van der Waals surface area contributed by atoms with E-state index in [9.17, 15) is 4.39 Å². The van der Waals surface area contributed by atoms with Crippen LogP contribution in [0.4, 0.5) is 4.39 Å². The number of benzene rings is 4. The zero-order valence-corrected chi connectivity index (χ0v) is 18.4. The summed E-state index contributed by atoms with van der Waals surface area (Å²) in [5, 5.41) is 0. The van der Waals surface area contributed by atoms with Gasteiger partial charge in [-0.05, 0) is 68.6 Å². The number of hydrogen-bond acceptors (Lipinski definition) is 0. The molecule has 4 aromatic rings. The molecule has 0 saturated heterocycles. The van der Waals surface area contributed by atoms with Crippen LogP contribution in [0, 0.1) is 0 Å². The third-order valence-corrected chi connectivity index (χ3v) is 6.74. The molecule has 0 N–H and O–H groups in total. The van der Waals surface area contributed by atoms with E-state index >= 15 is 0 Å². The second-order valence-corrected chi connectivity index (χ2v) is 8.17. The van der Waals surface area contributed by atoms with Crippen molar-refractivity contribution in [2.75, 3.05) is 7.18 Å². The molecule has 0 atom stereocenters. The molecule has 0 bridgehead atoms. The summed E-state index contributed by atoms with van der Waals surface area (Å²) in [7, 11) is 0.500. The standard InChI is InChI=1S/C30H22.CH3F/c1-3-10-20(2)21-17-18-29-25(19-21)24-13-6-9-16-28(24)30(29)26-14-7-4-11-22(26)23-12-5-8-15-27(23)30;1-2/h3-19H,2H2,1H3;1H3/b10-3-;. The van der Waals surface area contributed by atoms with Gasteiger partial charge < -0.3 is 0 Å². The number of fused-ring (bicyclic) bond motifs is 10. The molecule has 32 heavy (non-hydrogen) atoms. The summed E-state index contributed by atoms with van der Waals surface area (Å²) < 4.78 is 9.50. The predicted octanol–water partition coefficient (Wildman–Crippen LogP) is 8.21. The second-order valence-electron chi connectivity index (χ2n) is 8.17. The molecular formula is C31H25F. The van der Waals surface area contributed by atoms with Gasteiger partial charge in [0.15, 0.2) is 0 Å². The van der Waals surface area contributed by atoms with E-state index in [1.807, 2.05) is 6.92 Å². The minimum absolute atomic E-state index is 0.250. The second kappa shape index (κ2) is 7.76. The number of hydrogen-bond donors (Lipinski definition) is 0. The van der Waals surface area contributed by atoms with Crippen LogP contribution in [0.1, 0.15) is 34.7 Å². The minimum atomic E-state index is -0.250. The van der Waals surface area contributed by atoms with Gasteiger partial charge in [-0.1, -0.05) is 104 Å². The van der Waals surface area contributed by atoms with E-state index in [0.717, 1.165) is 5.57 Å². The Kier molecular flexibility index (Phi) is 4.90. The Balaban J connectivity index is 0.00000105. The summed E-state index contributed by atoms with van der Waals surface area (Å²) in [6.45, 7) is 6.31. The predicted molar refractivity (Wildman–Crippen MR) is 134 cm³/mol. The van der Waals surface area contributed by atoms with Crippen molar-refractivity contribution >= 4 is 5.57 Å². The van der Waals surface area contributed by atoms with Crippen molar-refractivity contribution in [3.8, 4) is 22.3 Å². The maximum Gasteiger partial charge on any atom is 0.0785 e. The Labute approximate surface area is 189 Å². The van der Waals surface area contributed by atoms with Crippen LogP contribution in [0.5, 0.6) is 0 Å². The van der Waals surface area contributed by atoms with E-state index in [0.29, 0.717) is 7.18 Å². The monoisotopic (exact) mass is 416 g/mol. The van der Waals surface area contributed by atoms with Crippen LogP contribution in [0.15, 0.2) is 110 Å². The maximum atomic E-state index is 9.50. The molecule has 0 aliphatic heterocycles. The summed E-state index contributed by atoms with van der Waals surface area (Å²) in [6, 6.07) is 33.6. The smallest absolute Gasteiger partial charge is 0.0785 e. The fraction of sp³-hybridized carbons (Fsp3) is 0.0968. The van der Waals surface area contributed by atoms with Gasteiger partial charge in [-0.2, -0.15) is 0 Å². The highest BCUT2D eigenvalue weighted by atomic mass is 19.1. The number of rotatable bonds is 2. The van der Waals surface area contributed by atoms with Gasteiger partial charge in [0.25, 0.3) is 0 Å². The van der Waals surface area contributed by atoms with Crippen molar-refractivity contribution in [2.45, 2.75) is 12.3 Å². The van der Waals surface area contributed by atoms with Gasteiger partial charge in [0, 0.05) is 0 Å². The first-order chi connectivity index (χ1) is 15.8. The molecule has 2 aliphatic carbocycles. The normalized spacial score (nSPS) is 13.7. The third kappa shape index (κ3) is 2.54. The first kappa shape index (κ1) is 20.2. The van der Waals surface area contributed by atoms with E-state index in [-0.39, 0.29) is 5.41 Å². The van der Waals surface area contributed by atoms with E-state index in [4.69, 9.17) is 0 Å². The van der Waals surface area contributed by atoms with Crippen molar-refractivity contribution in [3.05, 3.63) is 138 Å². The number of allylic oxidation sites excluding steroid dienone is 3. The lowest BCUT2D eigenvalue weighted by atomic mass is 9.70. The largest absolute Gasteiger partial charge is 0.255 e. The molecule has 1 heteroatoms. The molecule has 156 valence electrons. The van der Waals surface area contributed by atoms with Crippen molar-refractivity contribution in [2.24, 2.45) is 0 Å². The van der Waals surface area contributed by atoms with E-state index < -0.39 is 0 Å². The Morgan fingerprint density at radius 1 is 0.656 bits per heavy atom. The van der Waals surface area contributed by atoms with Gasteiger partial charge in [0.2, 0.25) is 0 Å². The summed E-state index contributed by atoms with van der Waals surface area (Å²) in [6.07, 6.45) is 4.13. The Morgan fingerprint density at radius 3 is 1.59 bits per heavy atom. The van der Waals surface area contributed by atoms with Crippen LogP contribution in [0.3, 0.4) is 0 Å². The molecule has 0 aromatic heterocycles. The summed E-state index contributed by atoms with van der Waals surface area (Å²) in [5.41, 5.74) is 12.8. The fourth-order valence-electron chi connectivity index (χ4n) is 5.60. The molecule has 0 amide bonds. The van der Waals surface area contributed by atoms with E-state index in [1.54, 1.807) is 0 Å². The minimum Gasteiger partial charge on any atom is -0.255 e. The molecule has 0 nitrogen and oxygen atoms in total. The van der Waals surface area contributed by atoms with Crippen molar-refractivity contribution in [3.63, 3.8) is 0 Å². The molecule has 2 aliphatic rings. The van der Waals surface area contributed by atoms with Crippen LogP contribution in [-0.4, -0.2) is 7.18 Å². The van der Waals surface area contributed by atoms with Gasteiger partial charge in [-0.3, -0.25) is 4.39 Å². The first-order valence-electron chi connectivity index (χ1n) is 10.9. The molecule has 0 saturated carbocycles. The van der Waals surface area contributed by atoms with Crippen LogP contribution in [0.2, 0.25) is 0 Å². The van der Waals surface area contributed by atoms with Crippen LogP contribution < -0.4 is 0 Å². The molecule has 4 aromatic carbocycles. The molecule has 6 rings (SSSR count). The average Bonchev–Trinajstić information content (AvgIpc) is 3.32. The number of alkyl halides is 1. The fourth-order valence-corrected chi connectivity index (χ4v) is 5.60. The van der Waals surface area contributed by atoms with E-state index in [2.05, 4.69) is 110 Å². The lowest BCUT2D eigenvalue weighted by Crippen LogP contribution is -2.25. The van der Waals surface area contributed by atoms with Gasteiger partial charge in [-0.25, -0.2) is 0 Å². The Hall–Kier alpha value is -3.71. The topological polar surface area (TPSA) is 0 Å². The lowest BCUT2D eigenvalue weighted by molar-refractivity contribution is 0.636. The molecule has 1 spiro atoms. The van der Waals surface area contributed by atoms with Crippen molar-refractivity contribution in [1.29, 1.82) is 0 Å². The highest BCUT2D eigenvalue weighted by Crippen LogP contribution is 2.62. The Morgan fingerprint density at radius 2 is 1.09 bits per heavy atom. The molecule has 0 unspecified atom stereocenters. The number of halogens is 1. The lowest BCUT2D eigenvalue weighted by Gasteiger charge is -2.30. The molecular weight excluding hydrogens is 391 g/mol. The van der Waals surface area contributed by atoms with Crippen LogP contribution >= 0.6 is 0 Å². The molecule has 0 radical (unpaired) electrons. The highest BCUT2D eigenvalue weighted by Gasteiger charge is 2.51. The zero-order valence-electron chi connectivity index (χ0n) is 18.4. The first-order valence-corrected chi connectivity index (χ1v) is 10.9. The molecule has 0 heterocycles. The summed E-state index contributed by atoms with van der Waals surface area (Å²) >= 11 is 0. The van der Waals surface area contributed by atoms with Crippen LogP contribution in [-0.2, 0) is 5.41 Å². The van der Waals surface area contributed by atoms with Crippen molar-refractivity contribution in [1.82, 2.24) is 0 Å². The quantitative estimate of drug-likeness (QED) is 0.250. The summed E-state index contributed by atoms with van der Waals surface area (Å²) in [4.78, 5) is 0. The third-order valence-electron chi connectivity index (χ3n) is 6.74. The summed E-state index contributed by atoms with van der Waals surface area (Å²) in [5.74, 6) is 0. The molecule has 0 fully saturated rings. The van der Waals surface area contributed by atoms with Gasteiger partial charge >= 0.3 is 0 Å². The van der Waals surface area contributed by atoms with E-state index in [1.165, 1.54) is 50.1 Å². The zero-order chi connectivity index (χ0) is 22.3. The van der Waals surface area contributed by atoms with Gasteiger partial charge in [0.1, 0.15) is 0 Å². The van der Waals surface area contributed by atoms with Crippen LogP contribution in [0.25, 0.3) is 27.8 Å².